The summed E-state index contributed by atoms with van der Waals surface area (Å²) in [6.07, 6.45) is 0.392. The van der Waals surface area contributed by atoms with Crippen LogP contribution in [0.25, 0.3) is 0 Å². The van der Waals surface area contributed by atoms with Gasteiger partial charge in [0.25, 0.3) is 0 Å². The van der Waals surface area contributed by atoms with E-state index >= 15 is 0 Å². The molecule has 0 amide bonds. The predicted molar refractivity (Wildman–Crippen MR) is 75.9 cm³/mol. The molecule has 0 fully saturated rings. The summed E-state index contributed by atoms with van der Waals surface area (Å²) in [7, 11) is 3.16. The second kappa shape index (κ2) is 9.08. The summed E-state index contributed by atoms with van der Waals surface area (Å²) >= 11 is 0. The minimum atomic E-state index is -0.0171. The van der Waals surface area contributed by atoms with E-state index in [1.165, 1.54) is 0 Å². The number of Topliss-reactive ketones (excluding diaryl/α,β-unsaturated/α-hetero) is 1. The Morgan fingerprint density at radius 1 is 1.30 bits per heavy atom. The predicted octanol–water partition coefficient (Wildman–Crippen LogP) is 1.74. The summed E-state index contributed by atoms with van der Waals surface area (Å²) < 4.78 is 10.2. The van der Waals surface area contributed by atoms with Gasteiger partial charge in [-0.15, -0.1) is 0 Å². The van der Waals surface area contributed by atoms with E-state index < -0.39 is 0 Å². The third-order valence-electron chi connectivity index (χ3n) is 2.93. The highest BCUT2D eigenvalue weighted by atomic mass is 16.5. The topological polar surface area (TPSA) is 62.6 Å². The molecule has 5 nitrogen and oxygen atoms in total. The molecule has 0 aliphatic heterocycles. The minimum absolute atomic E-state index is 0.0171. The zero-order valence-electron chi connectivity index (χ0n) is 12.0. The summed E-state index contributed by atoms with van der Waals surface area (Å²) in [6.45, 7) is 1.97. The number of nitrogens with zero attached hydrogens (tertiary/aromatic N) is 2. The van der Waals surface area contributed by atoms with Gasteiger partial charge >= 0.3 is 0 Å². The Morgan fingerprint density at radius 3 is 2.70 bits per heavy atom. The highest BCUT2D eigenvalue weighted by Crippen LogP contribution is 2.18. The van der Waals surface area contributed by atoms with E-state index in [1.807, 2.05) is 17.0 Å². The SMILES string of the molecule is COCCN(CCC#N)CC(=O)c1ccccc1OC. The van der Waals surface area contributed by atoms with Gasteiger partial charge in [0.2, 0.25) is 0 Å². The van der Waals surface area contributed by atoms with Crippen molar-refractivity contribution in [1.29, 1.82) is 5.26 Å². The molecule has 0 saturated heterocycles. The molecule has 0 aromatic heterocycles. The van der Waals surface area contributed by atoms with Crippen molar-refractivity contribution in [2.24, 2.45) is 0 Å². The Balaban J connectivity index is 2.71. The Kier molecular flexibility index (Phi) is 7.33. The quantitative estimate of drug-likeness (QED) is 0.643. The summed E-state index contributed by atoms with van der Waals surface area (Å²) in [6, 6.07) is 9.24. The standard InChI is InChI=1S/C15H20N2O3/c1-19-11-10-17(9-5-8-16)12-14(18)13-6-3-4-7-15(13)20-2/h3-4,6-7H,5,9-12H2,1-2H3. The van der Waals surface area contributed by atoms with Crippen molar-refractivity contribution in [2.75, 3.05) is 40.5 Å². The van der Waals surface area contributed by atoms with Crippen LogP contribution in [-0.2, 0) is 4.74 Å². The van der Waals surface area contributed by atoms with Crippen LogP contribution < -0.4 is 4.74 Å². The lowest BCUT2D eigenvalue weighted by atomic mass is 10.1. The van der Waals surface area contributed by atoms with Gasteiger partial charge in [-0.1, -0.05) is 12.1 Å². The van der Waals surface area contributed by atoms with Crippen LogP contribution >= 0.6 is 0 Å². The Morgan fingerprint density at radius 2 is 2.05 bits per heavy atom. The van der Waals surface area contributed by atoms with Crippen molar-refractivity contribution in [3.05, 3.63) is 29.8 Å². The average Bonchev–Trinajstić information content (AvgIpc) is 2.49. The molecule has 0 spiro atoms. The maximum atomic E-state index is 12.3. The van der Waals surface area contributed by atoms with E-state index in [0.717, 1.165) is 0 Å². The molecule has 20 heavy (non-hydrogen) atoms. The molecule has 1 aromatic carbocycles. The molecular weight excluding hydrogens is 256 g/mol. The number of methoxy groups -OCH3 is 2. The van der Waals surface area contributed by atoms with Crippen LogP contribution in [0.1, 0.15) is 16.8 Å². The number of ketones is 1. The molecule has 0 aliphatic rings. The van der Waals surface area contributed by atoms with E-state index in [1.54, 1.807) is 26.4 Å². The number of ether oxygens (including phenoxy) is 2. The largest absolute Gasteiger partial charge is 0.496 e. The van der Waals surface area contributed by atoms with Gasteiger partial charge in [0.1, 0.15) is 5.75 Å². The van der Waals surface area contributed by atoms with E-state index in [0.29, 0.717) is 37.4 Å². The van der Waals surface area contributed by atoms with Crippen molar-refractivity contribution in [2.45, 2.75) is 6.42 Å². The van der Waals surface area contributed by atoms with Crippen molar-refractivity contribution in [3.63, 3.8) is 0 Å². The number of nitriles is 1. The number of benzene rings is 1. The molecule has 0 saturated carbocycles. The van der Waals surface area contributed by atoms with Gasteiger partial charge in [-0.05, 0) is 12.1 Å². The zero-order chi connectivity index (χ0) is 14.8. The first-order chi connectivity index (χ1) is 9.72. The van der Waals surface area contributed by atoms with E-state index in [9.17, 15) is 4.79 Å². The van der Waals surface area contributed by atoms with Crippen LogP contribution in [0.15, 0.2) is 24.3 Å². The summed E-state index contributed by atoms with van der Waals surface area (Å²) in [4.78, 5) is 14.2. The fraction of sp³-hybridized carbons (Fsp3) is 0.467. The number of carbonyl (C=O) groups excluding carboxylic acids is 1. The first-order valence-electron chi connectivity index (χ1n) is 6.47. The van der Waals surface area contributed by atoms with Gasteiger partial charge in [0.15, 0.2) is 5.78 Å². The Hall–Kier alpha value is -1.90. The molecule has 1 aromatic rings. The van der Waals surface area contributed by atoms with Gasteiger partial charge in [-0.2, -0.15) is 5.26 Å². The molecule has 0 atom stereocenters. The first kappa shape index (κ1) is 16.2. The number of carbonyl (C=O) groups is 1. The highest BCUT2D eigenvalue weighted by molar-refractivity contribution is 6.00. The van der Waals surface area contributed by atoms with E-state index in [2.05, 4.69) is 6.07 Å². The molecule has 0 heterocycles. The summed E-state index contributed by atoms with van der Waals surface area (Å²) in [5.74, 6) is 0.556. The van der Waals surface area contributed by atoms with Crippen LogP contribution in [0.4, 0.5) is 0 Å². The van der Waals surface area contributed by atoms with Crippen molar-refractivity contribution < 1.29 is 14.3 Å². The Bertz CT molecular complexity index is 468. The smallest absolute Gasteiger partial charge is 0.180 e. The number of para-hydroxylation sites is 1. The van der Waals surface area contributed by atoms with Crippen LogP contribution in [0, 0.1) is 11.3 Å². The monoisotopic (exact) mass is 276 g/mol. The maximum Gasteiger partial charge on any atom is 0.180 e. The fourth-order valence-electron chi connectivity index (χ4n) is 1.86. The lowest BCUT2D eigenvalue weighted by Crippen LogP contribution is -2.33. The van der Waals surface area contributed by atoms with Crippen LogP contribution in [-0.4, -0.2) is 51.1 Å². The van der Waals surface area contributed by atoms with Crippen LogP contribution in [0.5, 0.6) is 5.75 Å². The molecule has 0 radical (unpaired) electrons. The van der Waals surface area contributed by atoms with Gasteiger partial charge in [-0.3, -0.25) is 9.69 Å². The molecule has 0 aliphatic carbocycles. The lowest BCUT2D eigenvalue weighted by Gasteiger charge is -2.20. The third-order valence-corrected chi connectivity index (χ3v) is 2.93. The fourth-order valence-corrected chi connectivity index (χ4v) is 1.86. The van der Waals surface area contributed by atoms with Gasteiger partial charge < -0.3 is 9.47 Å². The molecule has 0 unspecified atom stereocenters. The van der Waals surface area contributed by atoms with Crippen LogP contribution in [0.2, 0.25) is 0 Å². The molecule has 5 heteroatoms. The number of hydrogen-bond donors (Lipinski definition) is 0. The van der Waals surface area contributed by atoms with Crippen molar-refractivity contribution in [1.82, 2.24) is 4.90 Å². The maximum absolute atomic E-state index is 12.3. The highest BCUT2D eigenvalue weighted by Gasteiger charge is 2.15. The second-order valence-electron chi connectivity index (χ2n) is 4.30. The summed E-state index contributed by atoms with van der Waals surface area (Å²) in [5.41, 5.74) is 0.564. The molecular formula is C15H20N2O3. The number of rotatable bonds is 9. The van der Waals surface area contributed by atoms with E-state index in [-0.39, 0.29) is 12.3 Å². The first-order valence-corrected chi connectivity index (χ1v) is 6.47. The molecule has 0 N–H and O–H groups in total. The lowest BCUT2D eigenvalue weighted by molar-refractivity contribution is 0.0895. The average molecular weight is 276 g/mol. The third kappa shape index (κ3) is 5.00. The van der Waals surface area contributed by atoms with Gasteiger partial charge in [0, 0.05) is 26.6 Å². The summed E-state index contributed by atoms with van der Waals surface area (Å²) in [5, 5.41) is 8.66. The van der Waals surface area contributed by atoms with E-state index in [4.69, 9.17) is 14.7 Å². The number of hydrogen-bond acceptors (Lipinski definition) is 5. The van der Waals surface area contributed by atoms with Gasteiger partial charge in [-0.25, -0.2) is 0 Å². The minimum Gasteiger partial charge on any atom is -0.496 e. The Labute approximate surface area is 119 Å². The molecule has 0 bridgehead atoms. The molecule has 1 rings (SSSR count). The van der Waals surface area contributed by atoms with Crippen molar-refractivity contribution >= 4 is 5.78 Å². The second-order valence-corrected chi connectivity index (χ2v) is 4.30. The van der Waals surface area contributed by atoms with Crippen LogP contribution in [0.3, 0.4) is 0 Å². The normalized spacial score (nSPS) is 10.3. The van der Waals surface area contributed by atoms with Gasteiger partial charge in [0.05, 0.1) is 31.9 Å². The zero-order valence-corrected chi connectivity index (χ0v) is 12.0. The van der Waals surface area contributed by atoms with Crippen molar-refractivity contribution in [3.8, 4) is 11.8 Å². The molecule has 108 valence electrons.